The summed E-state index contributed by atoms with van der Waals surface area (Å²) in [7, 11) is -3.27. The van der Waals surface area contributed by atoms with Gasteiger partial charge in [0.05, 0.1) is 6.26 Å². The fourth-order valence-corrected chi connectivity index (χ4v) is 4.29. The Morgan fingerprint density at radius 1 is 1.10 bits per heavy atom. The van der Waals surface area contributed by atoms with Gasteiger partial charge < -0.3 is 10.1 Å². The lowest BCUT2D eigenvalue weighted by atomic mass is 10.0. The van der Waals surface area contributed by atoms with Crippen molar-refractivity contribution in [3.05, 3.63) is 64.7 Å². The van der Waals surface area contributed by atoms with E-state index in [4.69, 9.17) is 16.3 Å². The molecular formula is C21H23ClN2O5S. The highest BCUT2D eigenvalue weighted by molar-refractivity contribution is 7.88. The van der Waals surface area contributed by atoms with Crippen LogP contribution in [0.3, 0.4) is 0 Å². The summed E-state index contributed by atoms with van der Waals surface area (Å²) < 4.78 is 30.2. The SMILES string of the molecule is CS(=O)(=O)N1CCCC(NC(=O)COc2ccc(C(=O)c3ccc(Cl)cc3)cc2)C1. The van der Waals surface area contributed by atoms with E-state index in [1.165, 1.54) is 10.6 Å². The molecular weight excluding hydrogens is 428 g/mol. The molecule has 3 rings (SSSR count). The second-order valence-corrected chi connectivity index (χ2v) is 9.60. The van der Waals surface area contributed by atoms with Gasteiger partial charge in [-0.25, -0.2) is 12.7 Å². The number of piperidine rings is 1. The first-order valence-electron chi connectivity index (χ1n) is 9.50. The summed E-state index contributed by atoms with van der Waals surface area (Å²) in [6.45, 7) is 0.550. The highest BCUT2D eigenvalue weighted by Gasteiger charge is 2.26. The van der Waals surface area contributed by atoms with Crippen LogP contribution in [0.15, 0.2) is 48.5 Å². The number of nitrogens with zero attached hydrogens (tertiary/aromatic N) is 1. The maximum atomic E-state index is 12.5. The third kappa shape index (κ3) is 6.04. The van der Waals surface area contributed by atoms with E-state index < -0.39 is 10.0 Å². The topological polar surface area (TPSA) is 92.8 Å². The number of amides is 1. The smallest absolute Gasteiger partial charge is 0.258 e. The van der Waals surface area contributed by atoms with Crippen LogP contribution in [0.5, 0.6) is 5.75 Å². The number of hydrogen-bond acceptors (Lipinski definition) is 5. The van der Waals surface area contributed by atoms with Crippen LogP contribution in [0.25, 0.3) is 0 Å². The lowest BCUT2D eigenvalue weighted by molar-refractivity contribution is -0.124. The molecule has 1 aliphatic rings. The second-order valence-electron chi connectivity index (χ2n) is 7.18. The third-order valence-corrected chi connectivity index (χ3v) is 6.33. The molecule has 1 amide bonds. The molecule has 1 N–H and O–H groups in total. The zero-order valence-electron chi connectivity index (χ0n) is 16.5. The molecule has 1 unspecified atom stereocenters. The van der Waals surface area contributed by atoms with Crippen LogP contribution in [-0.4, -0.2) is 56.4 Å². The molecule has 1 saturated heterocycles. The van der Waals surface area contributed by atoms with Crippen molar-refractivity contribution in [2.75, 3.05) is 26.0 Å². The first kappa shape index (κ1) is 22.3. The molecule has 0 radical (unpaired) electrons. The van der Waals surface area contributed by atoms with Gasteiger partial charge in [0, 0.05) is 35.3 Å². The molecule has 0 bridgehead atoms. The Morgan fingerprint density at radius 2 is 1.70 bits per heavy atom. The van der Waals surface area contributed by atoms with E-state index in [0.29, 0.717) is 34.9 Å². The van der Waals surface area contributed by atoms with Gasteiger partial charge in [0.2, 0.25) is 10.0 Å². The first-order valence-corrected chi connectivity index (χ1v) is 11.7. The van der Waals surface area contributed by atoms with Crippen molar-refractivity contribution >= 4 is 33.3 Å². The fraction of sp³-hybridized carbons (Fsp3) is 0.333. The molecule has 7 nitrogen and oxygen atoms in total. The lowest BCUT2D eigenvalue weighted by Crippen LogP contribution is -2.50. The van der Waals surface area contributed by atoms with Crippen LogP contribution in [0.4, 0.5) is 0 Å². The van der Waals surface area contributed by atoms with Gasteiger partial charge in [0.1, 0.15) is 5.75 Å². The van der Waals surface area contributed by atoms with E-state index in [9.17, 15) is 18.0 Å². The number of ketones is 1. The molecule has 0 spiro atoms. The van der Waals surface area contributed by atoms with Crippen LogP contribution in [-0.2, 0) is 14.8 Å². The Bertz CT molecular complexity index is 1010. The van der Waals surface area contributed by atoms with Gasteiger partial charge in [-0.3, -0.25) is 9.59 Å². The van der Waals surface area contributed by atoms with E-state index in [1.807, 2.05) is 0 Å². The van der Waals surface area contributed by atoms with Gasteiger partial charge in [0.25, 0.3) is 5.91 Å². The van der Waals surface area contributed by atoms with Gasteiger partial charge in [-0.2, -0.15) is 0 Å². The van der Waals surface area contributed by atoms with Crippen molar-refractivity contribution in [2.24, 2.45) is 0 Å². The largest absolute Gasteiger partial charge is 0.484 e. The maximum Gasteiger partial charge on any atom is 0.258 e. The summed E-state index contributed by atoms with van der Waals surface area (Å²) >= 11 is 5.84. The highest BCUT2D eigenvalue weighted by Crippen LogP contribution is 2.17. The van der Waals surface area contributed by atoms with Crippen LogP contribution in [0.2, 0.25) is 5.02 Å². The fourth-order valence-electron chi connectivity index (χ4n) is 3.25. The summed E-state index contributed by atoms with van der Waals surface area (Å²) in [4.78, 5) is 24.6. The number of rotatable bonds is 7. The van der Waals surface area contributed by atoms with Crippen molar-refractivity contribution in [1.82, 2.24) is 9.62 Å². The number of ether oxygens (including phenoxy) is 1. The minimum absolute atomic E-state index is 0.135. The van der Waals surface area contributed by atoms with Gasteiger partial charge in [0.15, 0.2) is 12.4 Å². The minimum atomic E-state index is -3.27. The zero-order valence-corrected chi connectivity index (χ0v) is 18.1. The first-order chi connectivity index (χ1) is 14.2. The summed E-state index contributed by atoms with van der Waals surface area (Å²) in [5.41, 5.74) is 1.03. The summed E-state index contributed by atoms with van der Waals surface area (Å²) in [6, 6.07) is 12.9. The lowest BCUT2D eigenvalue weighted by Gasteiger charge is -2.31. The molecule has 1 heterocycles. The average molecular weight is 451 g/mol. The van der Waals surface area contributed by atoms with E-state index in [1.54, 1.807) is 48.5 Å². The molecule has 160 valence electrons. The van der Waals surface area contributed by atoms with Crippen molar-refractivity contribution in [2.45, 2.75) is 18.9 Å². The highest BCUT2D eigenvalue weighted by atomic mass is 35.5. The Hall–Kier alpha value is -2.42. The van der Waals surface area contributed by atoms with Crippen LogP contribution >= 0.6 is 11.6 Å². The van der Waals surface area contributed by atoms with Crippen LogP contribution < -0.4 is 10.1 Å². The standard InChI is InChI=1S/C21H23ClN2O5S/c1-30(27,28)24-12-2-3-18(13-24)23-20(25)14-29-19-10-6-16(7-11-19)21(26)15-4-8-17(22)9-5-15/h4-11,18H,2-3,12-14H2,1H3,(H,23,25). The van der Waals surface area contributed by atoms with Crippen molar-refractivity contribution < 1.29 is 22.7 Å². The predicted molar refractivity (Wildman–Crippen MR) is 114 cm³/mol. The molecule has 1 atom stereocenters. The average Bonchev–Trinajstić information content (AvgIpc) is 2.72. The number of sulfonamides is 1. The second kappa shape index (κ2) is 9.59. The van der Waals surface area contributed by atoms with Gasteiger partial charge in [-0.05, 0) is 61.4 Å². The number of halogens is 1. The molecule has 0 saturated carbocycles. The third-order valence-electron chi connectivity index (χ3n) is 4.81. The predicted octanol–water partition coefficient (Wildman–Crippen LogP) is 2.49. The molecule has 2 aromatic carbocycles. The van der Waals surface area contributed by atoms with E-state index >= 15 is 0 Å². The monoisotopic (exact) mass is 450 g/mol. The molecule has 0 aromatic heterocycles. The molecule has 2 aromatic rings. The molecule has 1 aliphatic heterocycles. The van der Waals surface area contributed by atoms with Gasteiger partial charge in [-0.1, -0.05) is 11.6 Å². The number of carbonyl (C=O) groups excluding carboxylic acids is 2. The Kier molecular flexibility index (Phi) is 7.12. The number of benzene rings is 2. The summed E-state index contributed by atoms with van der Waals surface area (Å²) in [5.74, 6) is -0.000398. The molecule has 1 fully saturated rings. The summed E-state index contributed by atoms with van der Waals surface area (Å²) in [5, 5.41) is 3.37. The number of carbonyl (C=O) groups is 2. The Balaban J connectivity index is 1.50. The quantitative estimate of drug-likeness (QED) is 0.654. The van der Waals surface area contributed by atoms with Crippen molar-refractivity contribution in [3.63, 3.8) is 0 Å². The Labute approximate surface area is 181 Å². The number of nitrogens with one attached hydrogen (secondary N) is 1. The minimum Gasteiger partial charge on any atom is -0.484 e. The normalized spacial score (nSPS) is 17.3. The molecule has 9 heteroatoms. The van der Waals surface area contributed by atoms with E-state index in [0.717, 1.165) is 6.42 Å². The molecule has 30 heavy (non-hydrogen) atoms. The number of hydrogen-bond donors (Lipinski definition) is 1. The van der Waals surface area contributed by atoms with E-state index in [2.05, 4.69) is 5.32 Å². The molecule has 0 aliphatic carbocycles. The van der Waals surface area contributed by atoms with Crippen LogP contribution in [0, 0.1) is 0 Å². The van der Waals surface area contributed by atoms with Gasteiger partial charge >= 0.3 is 0 Å². The van der Waals surface area contributed by atoms with Crippen LogP contribution in [0.1, 0.15) is 28.8 Å². The van der Waals surface area contributed by atoms with Crippen molar-refractivity contribution in [3.8, 4) is 5.75 Å². The maximum absolute atomic E-state index is 12.5. The zero-order chi connectivity index (χ0) is 21.7. The Morgan fingerprint density at radius 3 is 2.30 bits per heavy atom. The van der Waals surface area contributed by atoms with Crippen molar-refractivity contribution in [1.29, 1.82) is 0 Å². The van der Waals surface area contributed by atoms with E-state index in [-0.39, 0.29) is 30.9 Å². The van der Waals surface area contributed by atoms with Gasteiger partial charge in [-0.15, -0.1) is 0 Å². The summed E-state index contributed by atoms with van der Waals surface area (Å²) in [6.07, 6.45) is 2.59.